The number of hydrogen-bond acceptors (Lipinski definition) is 4. The van der Waals surface area contributed by atoms with Crippen molar-refractivity contribution in [3.63, 3.8) is 0 Å². The van der Waals surface area contributed by atoms with E-state index in [0.29, 0.717) is 0 Å². The maximum absolute atomic E-state index is 10.5. The molecule has 0 bridgehead atoms. The Balaban J connectivity index is 2.41. The number of rotatable bonds is 4. The summed E-state index contributed by atoms with van der Waals surface area (Å²) < 4.78 is 9.83. The molecule has 0 heterocycles. The van der Waals surface area contributed by atoms with Gasteiger partial charge in [0.05, 0.1) is 6.10 Å². The maximum atomic E-state index is 10.5. The minimum absolute atomic E-state index is 0.00313. The SMILES string of the molecule is COC1C=CC(C(O)COC(C)=O)=CC1. The zero-order chi connectivity index (χ0) is 11.3. The van der Waals surface area contributed by atoms with E-state index in [4.69, 9.17) is 9.47 Å². The molecule has 2 atom stereocenters. The van der Waals surface area contributed by atoms with Crippen LogP contribution in [-0.4, -0.2) is 37.0 Å². The molecule has 0 aromatic heterocycles. The number of methoxy groups -OCH3 is 1. The third-order valence-electron chi connectivity index (χ3n) is 2.22. The van der Waals surface area contributed by atoms with Crippen LogP contribution in [0.3, 0.4) is 0 Å². The molecule has 4 heteroatoms. The van der Waals surface area contributed by atoms with E-state index in [2.05, 4.69) is 0 Å². The Hall–Kier alpha value is -1.13. The van der Waals surface area contributed by atoms with Crippen molar-refractivity contribution in [2.75, 3.05) is 13.7 Å². The van der Waals surface area contributed by atoms with Crippen molar-refractivity contribution in [3.05, 3.63) is 23.8 Å². The van der Waals surface area contributed by atoms with Gasteiger partial charge in [-0.05, 0) is 12.0 Å². The zero-order valence-electron chi connectivity index (χ0n) is 8.97. The smallest absolute Gasteiger partial charge is 0.302 e. The highest BCUT2D eigenvalue weighted by molar-refractivity contribution is 5.65. The van der Waals surface area contributed by atoms with Gasteiger partial charge in [-0.25, -0.2) is 0 Å². The number of carbonyl (C=O) groups excluding carboxylic acids is 1. The molecule has 2 unspecified atom stereocenters. The Labute approximate surface area is 89.2 Å². The Morgan fingerprint density at radius 3 is 2.93 bits per heavy atom. The van der Waals surface area contributed by atoms with Gasteiger partial charge in [0.25, 0.3) is 0 Å². The normalized spacial score (nSPS) is 22.1. The quantitative estimate of drug-likeness (QED) is 0.701. The molecule has 15 heavy (non-hydrogen) atoms. The highest BCUT2D eigenvalue weighted by Crippen LogP contribution is 2.15. The molecule has 84 valence electrons. The molecule has 0 spiro atoms. The van der Waals surface area contributed by atoms with Crippen molar-refractivity contribution >= 4 is 5.97 Å². The summed E-state index contributed by atoms with van der Waals surface area (Å²) in [6.45, 7) is 1.32. The molecule has 0 aromatic rings. The van der Waals surface area contributed by atoms with Crippen molar-refractivity contribution in [2.45, 2.75) is 25.6 Å². The number of hydrogen-bond donors (Lipinski definition) is 1. The molecule has 1 aliphatic rings. The van der Waals surface area contributed by atoms with E-state index < -0.39 is 6.10 Å². The molecule has 0 aliphatic heterocycles. The van der Waals surface area contributed by atoms with E-state index >= 15 is 0 Å². The van der Waals surface area contributed by atoms with E-state index in [0.717, 1.165) is 12.0 Å². The summed E-state index contributed by atoms with van der Waals surface area (Å²) in [6, 6.07) is 0. The molecule has 1 N–H and O–H groups in total. The second-order valence-electron chi connectivity index (χ2n) is 3.39. The molecule has 4 nitrogen and oxygen atoms in total. The number of aliphatic hydroxyl groups is 1. The van der Waals surface area contributed by atoms with E-state index in [1.807, 2.05) is 12.2 Å². The fourth-order valence-corrected chi connectivity index (χ4v) is 1.33. The standard InChI is InChI=1S/C11H16O4/c1-8(12)15-7-11(13)9-3-5-10(14-2)6-4-9/h3-5,10-11,13H,6-7H2,1-2H3. The van der Waals surface area contributed by atoms with Crippen molar-refractivity contribution in [2.24, 2.45) is 0 Å². The number of esters is 1. The summed E-state index contributed by atoms with van der Waals surface area (Å²) in [7, 11) is 1.64. The van der Waals surface area contributed by atoms with Crippen molar-refractivity contribution in [3.8, 4) is 0 Å². The second kappa shape index (κ2) is 5.68. The zero-order valence-corrected chi connectivity index (χ0v) is 8.97. The predicted octanol–water partition coefficient (Wildman–Crippen LogP) is 0.812. The van der Waals surface area contributed by atoms with Crippen molar-refractivity contribution in [1.29, 1.82) is 0 Å². The Kier molecular flexibility index (Phi) is 4.52. The van der Waals surface area contributed by atoms with Gasteiger partial charge in [0, 0.05) is 14.0 Å². The number of aliphatic hydroxyl groups excluding tert-OH is 1. The van der Waals surface area contributed by atoms with Crippen LogP contribution in [-0.2, 0) is 14.3 Å². The number of carbonyl (C=O) groups is 1. The lowest BCUT2D eigenvalue weighted by Crippen LogP contribution is -2.21. The first-order chi connectivity index (χ1) is 7.13. The first kappa shape index (κ1) is 11.9. The third-order valence-corrected chi connectivity index (χ3v) is 2.22. The van der Waals surface area contributed by atoms with Crippen molar-refractivity contribution < 1.29 is 19.4 Å². The lowest BCUT2D eigenvalue weighted by Gasteiger charge is -2.18. The van der Waals surface area contributed by atoms with Gasteiger partial charge in [0.2, 0.25) is 0 Å². The third kappa shape index (κ3) is 3.85. The topological polar surface area (TPSA) is 55.8 Å². The fraction of sp³-hybridized carbons (Fsp3) is 0.545. The molecule has 0 aromatic carbocycles. The molecule has 0 amide bonds. The average Bonchev–Trinajstić information content (AvgIpc) is 2.26. The van der Waals surface area contributed by atoms with E-state index in [9.17, 15) is 9.90 Å². The minimum Gasteiger partial charge on any atom is -0.463 e. The molecule has 0 fully saturated rings. The summed E-state index contributed by atoms with van der Waals surface area (Å²) in [5.74, 6) is -0.385. The Bertz CT molecular complexity index is 280. The molecule has 0 saturated heterocycles. The second-order valence-corrected chi connectivity index (χ2v) is 3.39. The lowest BCUT2D eigenvalue weighted by atomic mass is 10.0. The van der Waals surface area contributed by atoms with Gasteiger partial charge in [-0.3, -0.25) is 4.79 Å². The summed E-state index contributed by atoms with van der Waals surface area (Å²) in [6.07, 6.45) is 5.64. The summed E-state index contributed by atoms with van der Waals surface area (Å²) in [5, 5.41) is 9.64. The van der Waals surface area contributed by atoms with Crippen LogP contribution >= 0.6 is 0 Å². The Morgan fingerprint density at radius 1 is 1.73 bits per heavy atom. The van der Waals surface area contributed by atoms with Crippen LogP contribution in [0.1, 0.15) is 13.3 Å². The van der Waals surface area contributed by atoms with Gasteiger partial charge >= 0.3 is 5.97 Å². The first-order valence-corrected chi connectivity index (χ1v) is 4.86. The van der Waals surface area contributed by atoms with Gasteiger partial charge in [-0.15, -0.1) is 0 Å². The fourth-order valence-electron chi connectivity index (χ4n) is 1.33. The van der Waals surface area contributed by atoms with Crippen LogP contribution in [0.25, 0.3) is 0 Å². The van der Waals surface area contributed by atoms with Gasteiger partial charge in [0.1, 0.15) is 12.7 Å². The lowest BCUT2D eigenvalue weighted by molar-refractivity contribution is -0.143. The first-order valence-electron chi connectivity index (χ1n) is 4.86. The van der Waals surface area contributed by atoms with Gasteiger partial charge in [-0.2, -0.15) is 0 Å². The van der Waals surface area contributed by atoms with Gasteiger partial charge < -0.3 is 14.6 Å². The number of ether oxygens (including phenoxy) is 2. The molecule has 0 saturated carbocycles. The van der Waals surface area contributed by atoms with Crippen LogP contribution in [0.2, 0.25) is 0 Å². The van der Waals surface area contributed by atoms with Crippen LogP contribution in [0.5, 0.6) is 0 Å². The monoisotopic (exact) mass is 212 g/mol. The molecular formula is C11H16O4. The van der Waals surface area contributed by atoms with Crippen molar-refractivity contribution in [1.82, 2.24) is 0 Å². The van der Waals surface area contributed by atoms with Gasteiger partial charge in [0.15, 0.2) is 0 Å². The summed E-state index contributed by atoms with van der Waals surface area (Å²) in [4.78, 5) is 10.5. The summed E-state index contributed by atoms with van der Waals surface area (Å²) in [5.41, 5.74) is 0.768. The van der Waals surface area contributed by atoms with Crippen LogP contribution in [0.4, 0.5) is 0 Å². The average molecular weight is 212 g/mol. The molecule has 1 rings (SSSR count). The van der Waals surface area contributed by atoms with Gasteiger partial charge in [-0.1, -0.05) is 18.2 Å². The Morgan fingerprint density at radius 2 is 2.47 bits per heavy atom. The molecule has 0 radical (unpaired) electrons. The molecule has 1 aliphatic carbocycles. The highest BCUT2D eigenvalue weighted by atomic mass is 16.5. The van der Waals surface area contributed by atoms with Crippen LogP contribution in [0, 0.1) is 0 Å². The minimum atomic E-state index is -0.747. The van der Waals surface area contributed by atoms with E-state index in [-0.39, 0.29) is 18.7 Å². The maximum Gasteiger partial charge on any atom is 0.302 e. The molecular weight excluding hydrogens is 196 g/mol. The van der Waals surface area contributed by atoms with Crippen LogP contribution < -0.4 is 0 Å². The van der Waals surface area contributed by atoms with E-state index in [1.165, 1.54) is 6.92 Å². The van der Waals surface area contributed by atoms with Crippen LogP contribution in [0.15, 0.2) is 23.8 Å². The van der Waals surface area contributed by atoms with E-state index in [1.54, 1.807) is 13.2 Å². The highest BCUT2D eigenvalue weighted by Gasteiger charge is 2.14. The predicted molar refractivity (Wildman–Crippen MR) is 55.3 cm³/mol. The summed E-state index contributed by atoms with van der Waals surface area (Å²) >= 11 is 0. The largest absolute Gasteiger partial charge is 0.463 e.